The van der Waals surface area contributed by atoms with E-state index in [1.807, 2.05) is 30.3 Å². The molecule has 6 nitrogen and oxygen atoms in total. The summed E-state index contributed by atoms with van der Waals surface area (Å²) in [6.07, 6.45) is 4.29. The van der Waals surface area contributed by atoms with Gasteiger partial charge >= 0.3 is 0 Å². The van der Waals surface area contributed by atoms with Gasteiger partial charge in [-0.25, -0.2) is 0 Å². The largest absolute Gasteiger partial charge is 0.396 e. The van der Waals surface area contributed by atoms with Gasteiger partial charge in [-0.05, 0) is 47.7 Å². The van der Waals surface area contributed by atoms with Crippen molar-refractivity contribution >= 4 is 5.95 Å². The van der Waals surface area contributed by atoms with Crippen molar-refractivity contribution in [2.24, 2.45) is 5.92 Å². The quantitative estimate of drug-likeness (QED) is 0.866. The van der Waals surface area contributed by atoms with Gasteiger partial charge in [0.2, 0.25) is 5.95 Å². The molecule has 0 aliphatic heterocycles. The molecule has 0 saturated heterocycles. The standard InChI is InChI=1S/C14H19N5O/c20-10-9-11-5-4-8-13(11)15-14-16-17-18-19(14)12-6-2-1-3-7-12/h1-3,6-7,11,13,20H,4-5,8-10H2,(H,15,16,18). The number of rotatable bonds is 5. The normalized spacial score (nSPS) is 22.1. The Morgan fingerprint density at radius 1 is 1.25 bits per heavy atom. The van der Waals surface area contributed by atoms with Crippen LogP contribution in [0.15, 0.2) is 30.3 Å². The lowest BCUT2D eigenvalue weighted by Gasteiger charge is -2.20. The third-order valence-electron chi connectivity index (χ3n) is 3.94. The van der Waals surface area contributed by atoms with Gasteiger partial charge in [0.05, 0.1) is 5.69 Å². The summed E-state index contributed by atoms with van der Waals surface area (Å²) >= 11 is 0. The van der Waals surface area contributed by atoms with Gasteiger partial charge in [0.25, 0.3) is 0 Å². The first-order valence-electron chi connectivity index (χ1n) is 7.09. The van der Waals surface area contributed by atoms with Crippen molar-refractivity contribution in [2.75, 3.05) is 11.9 Å². The molecule has 0 amide bonds. The maximum absolute atomic E-state index is 9.13. The van der Waals surface area contributed by atoms with Crippen LogP contribution in [0, 0.1) is 5.92 Å². The number of hydrogen-bond acceptors (Lipinski definition) is 5. The lowest BCUT2D eigenvalue weighted by atomic mass is 10.0. The number of aliphatic hydroxyl groups is 1. The van der Waals surface area contributed by atoms with E-state index in [1.54, 1.807) is 4.68 Å². The second kappa shape index (κ2) is 6.00. The van der Waals surface area contributed by atoms with Gasteiger partial charge in [0.15, 0.2) is 0 Å². The highest BCUT2D eigenvalue weighted by Gasteiger charge is 2.28. The van der Waals surface area contributed by atoms with Crippen molar-refractivity contribution in [3.05, 3.63) is 30.3 Å². The zero-order valence-electron chi connectivity index (χ0n) is 11.3. The van der Waals surface area contributed by atoms with Crippen LogP contribution in [-0.2, 0) is 0 Å². The smallest absolute Gasteiger partial charge is 0.247 e. The summed E-state index contributed by atoms with van der Waals surface area (Å²) in [4.78, 5) is 0. The number of nitrogens with zero attached hydrogens (tertiary/aromatic N) is 4. The van der Waals surface area contributed by atoms with Gasteiger partial charge in [-0.15, -0.1) is 0 Å². The number of tetrazole rings is 1. The average Bonchev–Trinajstić information content (AvgIpc) is 3.11. The molecule has 20 heavy (non-hydrogen) atoms. The van der Waals surface area contributed by atoms with Gasteiger partial charge in [-0.1, -0.05) is 29.7 Å². The zero-order chi connectivity index (χ0) is 13.8. The second-order valence-corrected chi connectivity index (χ2v) is 5.20. The average molecular weight is 273 g/mol. The maximum Gasteiger partial charge on any atom is 0.247 e. The Morgan fingerprint density at radius 3 is 2.90 bits per heavy atom. The van der Waals surface area contributed by atoms with Crippen LogP contribution in [0.4, 0.5) is 5.95 Å². The number of hydrogen-bond donors (Lipinski definition) is 2. The molecule has 1 heterocycles. The van der Waals surface area contributed by atoms with Crippen LogP contribution in [-0.4, -0.2) is 38.0 Å². The van der Waals surface area contributed by atoms with E-state index in [2.05, 4.69) is 20.8 Å². The van der Waals surface area contributed by atoms with Crippen molar-refractivity contribution < 1.29 is 5.11 Å². The van der Waals surface area contributed by atoms with Gasteiger partial charge in [-0.2, -0.15) is 4.68 Å². The molecule has 1 saturated carbocycles. The molecule has 1 aromatic carbocycles. The van der Waals surface area contributed by atoms with Crippen molar-refractivity contribution in [3.8, 4) is 5.69 Å². The number of nitrogens with one attached hydrogen (secondary N) is 1. The zero-order valence-corrected chi connectivity index (χ0v) is 11.3. The predicted molar refractivity (Wildman–Crippen MR) is 75.6 cm³/mol. The monoisotopic (exact) mass is 273 g/mol. The number of benzene rings is 1. The van der Waals surface area contributed by atoms with E-state index < -0.39 is 0 Å². The summed E-state index contributed by atoms with van der Waals surface area (Å²) in [5.74, 6) is 1.17. The molecule has 1 aromatic heterocycles. The Bertz CT molecular complexity index is 542. The summed E-state index contributed by atoms with van der Waals surface area (Å²) in [6.45, 7) is 0.243. The lowest BCUT2D eigenvalue weighted by molar-refractivity contribution is 0.254. The third-order valence-corrected chi connectivity index (χ3v) is 3.94. The molecule has 106 valence electrons. The van der Waals surface area contributed by atoms with Crippen LogP contribution in [0.5, 0.6) is 0 Å². The van der Waals surface area contributed by atoms with Crippen molar-refractivity contribution in [1.29, 1.82) is 0 Å². The van der Waals surface area contributed by atoms with Crippen molar-refractivity contribution in [3.63, 3.8) is 0 Å². The first-order chi connectivity index (χ1) is 9.88. The molecule has 2 aromatic rings. The summed E-state index contributed by atoms with van der Waals surface area (Å²) < 4.78 is 1.72. The van der Waals surface area contributed by atoms with E-state index in [4.69, 9.17) is 5.11 Å². The summed E-state index contributed by atoms with van der Waals surface area (Å²) in [6, 6.07) is 10.2. The summed E-state index contributed by atoms with van der Waals surface area (Å²) in [5.41, 5.74) is 0.941. The van der Waals surface area contributed by atoms with Crippen LogP contribution in [0.3, 0.4) is 0 Å². The van der Waals surface area contributed by atoms with Crippen molar-refractivity contribution in [2.45, 2.75) is 31.7 Å². The maximum atomic E-state index is 9.13. The minimum Gasteiger partial charge on any atom is -0.396 e. The fraction of sp³-hybridized carbons (Fsp3) is 0.500. The predicted octanol–water partition coefficient (Wildman–Crippen LogP) is 1.63. The molecule has 2 atom stereocenters. The Morgan fingerprint density at radius 2 is 2.10 bits per heavy atom. The van der Waals surface area contributed by atoms with Crippen LogP contribution in [0.1, 0.15) is 25.7 Å². The number of anilines is 1. The molecule has 1 fully saturated rings. The highest BCUT2D eigenvalue weighted by Crippen LogP contribution is 2.30. The molecule has 2 N–H and O–H groups in total. The molecule has 6 heteroatoms. The number of para-hydroxylation sites is 1. The van der Waals surface area contributed by atoms with E-state index >= 15 is 0 Å². The Hall–Kier alpha value is -1.95. The molecular formula is C14H19N5O. The highest BCUT2D eigenvalue weighted by molar-refractivity contribution is 5.39. The topological polar surface area (TPSA) is 75.9 Å². The Kier molecular flexibility index (Phi) is 3.92. The number of aliphatic hydroxyl groups excluding tert-OH is 1. The van der Waals surface area contributed by atoms with Crippen LogP contribution in [0.25, 0.3) is 5.69 Å². The van der Waals surface area contributed by atoms with E-state index in [-0.39, 0.29) is 6.61 Å². The molecular weight excluding hydrogens is 254 g/mol. The van der Waals surface area contributed by atoms with Crippen LogP contribution >= 0.6 is 0 Å². The minimum atomic E-state index is 0.243. The first-order valence-corrected chi connectivity index (χ1v) is 7.09. The molecule has 3 rings (SSSR count). The van der Waals surface area contributed by atoms with Crippen LogP contribution < -0.4 is 5.32 Å². The second-order valence-electron chi connectivity index (χ2n) is 5.20. The molecule has 1 aliphatic rings. The summed E-state index contributed by atoms with van der Waals surface area (Å²) in [5, 5.41) is 24.5. The van der Waals surface area contributed by atoms with E-state index in [0.29, 0.717) is 17.9 Å². The van der Waals surface area contributed by atoms with E-state index in [1.165, 1.54) is 6.42 Å². The lowest BCUT2D eigenvalue weighted by Crippen LogP contribution is -2.26. The Labute approximate surface area is 117 Å². The molecule has 0 bridgehead atoms. The van der Waals surface area contributed by atoms with Gasteiger partial charge in [0, 0.05) is 12.6 Å². The van der Waals surface area contributed by atoms with E-state index in [9.17, 15) is 0 Å². The van der Waals surface area contributed by atoms with Gasteiger partial charge in [0.1, 0.15) is 0 Å². The molecule has 0 radical (unpaired) electrons. The molecule has 0 spiro atoms. The molecule has 2 unspecified atom stereocenters. The molecule has 1 aliphatic carbocycles. The Balaban J connectivity index is 1.77. The van der Waals surface area contributed by atoms with Gasteiger partial charge in [-0.3, -0.25) is 0 Å². The van der Waals surface area contributed by atoms with Gasteiger partial charge < -0.3 is 10.4 Å². The third kappa shape index (κ3) is 2.65. The fourth-order valence-electron chi connectivity index (χ4n) is 2.92. The van der Waals surface area contributed by atoms with Crippen molar-refractivity contribution in [1.82, 2.24) is 20.2 Å². The summed E-state index contributed by atoms with van der Waals surface area (Å²) in [7, 11) is 0. The first kappa shape index (κ1) is 13.1. The van der Waals surface area contributed by atoms with Crippen LogP contribution in [0.2, 0.25) is 0 Å². The highest BCUT2D eigenvalue weighted by atomic mass is 16.3. The SMILES string of the molecule is OCCC1CCCC1Nc1nnnn1-c1ccccc1. The van der Waals surface area contributed by atoms with E-state index in [0.717, 1.165) is 24.9 Å². The fourth-order valence-corrected chi connectivity index (χ4v) is 2.92. The number of aromatic nitrogens is 4. The minimum absolute atomic E-state index is 0.243.